The molecule has 0 atom stereocenters. The minimum atomic E-state index is 1.15. The summed E-state index contributed by atoms with van der Waals surface area (Å²) in [7, 11) is 0. The van der Waals surface area contributed by atoms with Gasteiger partial charge in [-0.2, -0.15) is 0 Å². The topological polar surface area (TPSA) is 3.24 Å². The lowest BCUT2D eigenvalue weighted by molar-refractivity contribution is 1.28. The summed E-state index contributed by atoms with van der Waals surface area (Å²) in [4.78, 5) is 2.30. The zero-order valence-electron chi connectivity index (χ0n) is 16.9. The summed E-state index contributed by atoms with van der Waals surface area (Å²) in [6.45, 7) is 4.21. The fraction of sp³-hybridized carbons (Fsp3) is 0.0714. The highest BCUT2D eigenvalue weighted by atomic mass is 15.1. The Morgan fingerprint density at radius 3 is 1.86 bits per heavy atom. The number of aryl methyl sites for hydroxylation is 1. The average Bonchev–Trinajstić information content (AvgIpc) is 2.77. The minimum Gasteiger partial charge on any atom is -0.310 e. The first kappa shape index (κ1) is 18.8. The second-order valence-electron chi connectivity index (χ2n) is 7.15. The highest BCUT2D eigenvalue weighted by Gasteiger charge is 2.13. The SMILES string of the molecule is CC=Cc1ccc(C)cc1-c1cccc(N(c2ccccc2)c2ccccc2)c1. The molecule has 0 N–H and O–H groups in total. The quantitative estimate of drug-likeness (QED) is 0.340. The van der Waals surface area contributed by atoms with Gasteiger partial charge in [-0.3, -0.25) is 0 Å². The molecule has 0 radical (unpaired) electrons. The van der Waals surface area contributed by atoms with Gasteiger partial charge in [-0.1, -0.05) is 84.4 Å². The third-order valence-corrected chi connectivity index (χ3v) is 5.00. The molecule has 4 aromatic carbocycles. The van der Waals surface area contributed by atoms with Crippen molar-refractivity contribution in [3.8, 4) is 11.1 Å². The maximum absolute atomic E-state index is 2.30. The van der Waals surface area contributed by atoms with Crippen LogP contribution in [0.2, 0.25) is 0 Å². The van der Waals surface area contributed by atoms with E-state index in [1.165, 1.54) is 22.3 Å². The van der Waals surface area contributed by atoms with E-state index in [0.717, 1.165) is 17.1 Å². The summed E-state index contributed by atoms with van der Waals surface area (Å²) in [5.74, 6) is 0. The van der Waals surface area contributed by atoms with Crippen molar-refractivity contribution >= 4 is 23.1 Å². The number of rotatable bonds is 5. The second kappa shape index (κ2) is 8.62. The minimum absolute atomic E-state index is 1.15. The Hall–Kier alpha value is -3.58. The second-order valence-corrected chi connectivity index (χ2v) is 7.15. The van der Waals surface area contributed by atoms with Gasteiger partial charge in [0.05, 0.1) is 0 Å². The van der Waals surface area contributed by atoms with Crippen molar-refractivity contribution < 1.29 is 0 Å². The number of allylic oxidation sites excluding steroid dienone is 1. The highest BCUT2D eigenvalue weighted by Crippen LogP contribution is 2.37. The maximum atomic E-state index is 2.30. The van der Waals surface area contributed by atoms with E-state index in [1.54, 1.807) is 0 Å². The van der Waals surface area contributed by atoms with Crippen LogP contribution in [0.3, 0.4) is 0 Å². The Balaban J connectivity index is 1.86. The summed E-state index contributed by atoms with van der Waals surface area (Å²) < 4.78 is 0. The van der Waals surface area contributed by atoms with Gasteiger partial charge in [0.2, 0.25) is 0 Å². The maximum Gasteiger partial charge on any atom is 0.0467 e. The van der Waals surface area contributed by atoms with E-state index in [2.05, 4.69) is 134 Å². The van der Waals surface area contributed by atoms with Crippen LogP contribution in [0.1, 0.15) is 18.1 Å². The van der Waals surface area contributed by atoms with E-state index >= 15 is 0 Å². The molecule has 1 heteroatoms. The average molecular weight is 376 g/mol. The molecule has 142 valence electrons. The largest absolute Gasteiger partial charge is 0.310 e. The molecule has 4 aromatic rings. The molecule has 0 aliphatic rings. The van der Waals surface area contributed by atoms with Crippen LogP contribution < -0.4 is 4.90 Å². The number of anilines is 3. The fourth-order valence-electron chi connectivity index (χ4n) is 3.66. The molecular formula is C28H25N. The van der Waals surface area contributed by atoms with Crippen molar-refractivity contribution in [1.82, 2.24) is 0 Å². The van der Waals surface area contributed by atoms with Gasteiger partial charge in [-0.25, -0.2) is 0 Å². The van der Waals surface area contributed by atoms with Crippen LogP contribution in [0.5, 0.6) is 0 Å². The Labute approximate surface area is 173 Å². The zero-order valence-corrected chi connectivity index (χ0v) is 16.9. The molecule has 0 unspecified atom stereocenters. The first-order valence-electron chi connectivity index (χ1n) is 10.0. The predicted octanol–water partition coefficient (Wildman–Crippen LogP) is 8.16. The zero-order chi connectivity index (χ0) is 20.1. The number of benzene rings is 4. The van der Waals surface area contributed by atoms with Gasteiger partial charge in [-0.15, -0.1) is 0 Å². The van der Waals surface area contributed by atoms with Crippen molar-refractivity contribution in [2.45, 2.75) is 13.8 Å². The molecule has 0 fully saturated rings. The normalized spacial score (nSPS) is 11.0. The van der Waals surface area contributed by atoms with Crippen LogP contribution in [0.15, 0.2) is 109 Å². The monoisotopic (exact) mass is 375 g/mol. The lowest BCUT2D eigenvalue weighted by atomic mass is 9.96. The lowest BCUT2D eigenvalue weighted by Crippen LogP contribution is -2.09. The molecule has 0 heterocycles. The number of hydrogen-bond acceptors (Lipinski definition) is 1. The first-order chi connectivity index (χ1) is 14.3. The van der Waals surface area contributed by atoms with Crippen LogP contribution in [-0.2, 0) is 0 Å². The molecule has 0 aromatic heterocycles. The van der Waals surface area contributed by atoms with Crippen molar-refractivity contribution in [2.24, 2.45) is 0 Å². The van der Waals surface area contributed by atoms with Gasteiger partial charge in [0.15, 0.2) is 0 Å². The molecule has 0 aliphatic heterocycles. The molecule has 4 rings (SSSR count). The van der Waals surface area contributed by atoms with E-state index in [9.17, 15) is 0 Å². The van der Waals surface area contributed by atoms with E-state index in [0.29, 0.717) is 0 Å². The third kappa shape index (κ3) is 4.14. The summed E-state index contributed by atoms with van der Waals surface area (Å²) in [5.41, 5.74) is 8.42. The standard InChI is InChI=1S/C28H25N/c1-3-11-23-19-18-22(2)20-28(23)24-12-10-17-27(21-24)29(25-13-6-4-7-14-25)26-15-8-5-9-16-26/h3-21H,1-2H3. The van der Waals surface area contributed by atoms with Crippen LogP contribution >= 0.6 is 0 Å². The molecule has 0 saturated carbocycles. The molecular weight excluding hydrogens is 350 g/mol. The van der Waals surface area contributed by atoms with E-state index in [4.69, 9.17) is 0 Å². The predicted molar refractivity (Wildman–Crippen MR) is 126 cm³/mol. The molecule has 0 spiro atoms. The summed E-state index contributed by atoms with van der Waals surface area (Å²) >= 11 is 0. The van der Waals surface area contributed by atoms with Crippen molar-refractivity contribution in [2.75, 3.05) is 4.90 Å². The number of para-hydroxylation sites is 2. The Bertz CT molecular complexity index is 1070. The summed E-state index contributed by atoms with van der Waals surface area (Å²) in [5, 5.41) is 0. The van der Waals surface area contributed by atoms with E-state index in [-0.39, 0.29) is 0 Å². The van der Waals surface area contributed by atoms with Crippen molar-refractivity contribution in [3.05, 3.63) is 120 Å². The van der Waals surface area contributed by atoms with Gasteiger partial charge in [-0.05, 0) is 66.9 Å². The fourth-order valence-corrected chi connectivity index (χ4v) is 3.66. The van der Waals surface area contributed by atoms with Crippen LogP contribution in [0.25, 0.3) is 17.2 Å². The molecule has 0 aliphatic carbocycles. The van der Waals surface area contributed by atoms with E-state index < -0.39 is 0 Å². The summed E-state index contributed by atoms with van der Waals surface area (Å²) in [6, 6.07) is 36.5. The Kier molecular flexibility index (Phi) is 5.58. The molecule has 29 heavy (non-hydrogen) atoms. The van der Waals surface area contributed by atoms with Gasteiger partial charge in [0.1, 0.15) is 0 Å². The third-order valence-electron chi connectivity index (χ3n) is 5.00. The first-order valence-corrected chi connectivity index (χ1v) is 10.0. The lowest BCUT2D eigenvalue weighted by Gasteiger charge is -2.26. The summed E-state index contributed by atoms with van der Waals surface area (Å²) in [6.07, 6.45) is 4.27. The highest BCUT2D eigenvalue weighted by molar-refractivity contribution is 5.82. The van der Waals surface area contributed by atoms with Gasteiger partial charge >= 0.3 is 0 Å². The smallest absolute Gasteiger partial charge is 0.0467 e. The van der Waals surface area contributed by atoms with Crippen LogP contribution in [0.4, 0.5) is 17.1 Å². The van der Waals surface area contributed by atoms with E-state index in [1.807, 2.05) is 0 Å². The molecule has 1 nitrogen and oxygen atoms in total. The molecule has 0 amide bonds. The number of hydrogen-bond donors (Lipinski definition) is 0. The molecule has 0 bridgehead atoms. The van der Waals surface area contributed by atoms with Crippen LogP contribution in [0, 0.1) is 6.92 Å². The Morgan fingerprint density at radius 1 is 0.621 bits per heavy atom. The van der Waals surface area contributed by atoms with Gasteiger partial charge in [0.25, 0.3) is 0 Å². The van der Waals surface area contributed by atoms with Crippen molar-refractivity contribution in [1.29, 1.82) is 0 Å². The van der Waals surface area contributed by atoms with Crippen molar-refractivity contribution in [3.63, 3.8) is 0 Å². The van der Waals surface area contributed by atoms with Crippen LogP contribution in [-0.4, -0.2) is 0 Å². The van der Waals surface area contributed by atoms with Gasteiger partial charge < -0.3 is 4.90 Å². The Morgan fingerprint density at radius 2 is 1.24 bits per heavy atom. The molecule has 0 saturated heterocycles. The number of nitrogens with zero attached hydrogens (tertiary/aromatic N) is 1. The van der Waals surface area contributed by atoms with Gasteiger partial charge in [0, 0.05) is 17.1 Å².